The Morgan fingerprint density at radius 2 is 1.00 bits per heavy atom. The summed E-state index contributed by atoms with van der Waals surface area (Å²) in [6.07, 6.45) is 3.70. The molecule has 2 atom stereocenters. The average Bonchev–Trinajstić information content (AvgIpc) is 2.44. The average molecular weight is 318 g/mol. The Labute approximate surface area is 127 Å². The number of rotatable bonds is 7. The number of carbonyl (C=O) groups is 4. The Hall–Kier alpha value is -2.12. The third-order valence-electron chi connectivity index (χ3n) is 3.43. The van der Waals surface area contributed by atoms with Crippen LogP contribution in [0.1, 0.15) is 51.4 Å². The van der Waals surface area contributed by atoms with Crippen molar-refractivity contribution in [2.75, 3.05) is 0 Å². The molecule has 1 saturated carbocycles. The summed E-state index contributed by atoms with van der Waals surface area (Å²) in [5.74, 6) is -5.02. The molecular formula is C14H22O8. The van der Waals surface area contributed by atoms with Gasteiger partial charge in [-0.15, -0.1) is 0 Å². The van der Waals surface area contributed by atoms with Crippen LogP contribution in [0.3, 0.4) is 0 Å². The zero-order valence-electron chi connectivity index (χ0n) is 12.2. The summed E-state index contributed by atoms with van der Waals surface area (Å²) in [4.78, 5) is 41.0. The molecule has 0 aliphatic heterocycles. The van der Waals surface area contributed by atoms with Crippen molar-refractivity contribution in [3.63, 3.8) is 0 Å². The highest BCUT2D eigenvalue weighted by atomic mass is 16.4. The first-order valence-corrected chi connectivity index (χ1v) is 7.15. The summed E-state index contributed by atoms with van der Waals surface area (Å²) in [5, 5.41) is 33.7. The molecule has 8 heteroatoms. The van der Waals surface area contributed by atoms with Gasteiger partial charge in [-0.25, -0.2) is 0 Å². The summed E-state index contributed by atoms with van der Waals surface area (Å²) >= 11 is 0. The Morgan fingerprint density at radius 1 is 0.682 bits per heavy atom. The van der Waals surface area contributed by atoms with Crippen LogP contribution in [0.25, 0.3) is 0 Å². The van der Waals surface area contributed by atoms with Crippen LogP contribution in [0.4, 0.5) is 0 Å². The normalized spacial score (nSPS) is 20.4. The second kappa shape index (κ2) is 10.6. The third kappa shape index (κ3) is 8.93. The lowest BCUT2D eigenvalue weighted by molar-refractivity contribution is -0.155. The lowest BCUT2D eigenvalue weighted by atomic mass is 9.79. The number of carboxylic acid groups (broad SMARTS) is 4. The van der Waals surface area contributed by atoms with Crippen molar-refractivity contribution in [1.82, 2.24) is 0 Å². The first-order valence-electron chi connectivity index (χ1n) is 7.15. The van der Waals surface area contributed by atoms with Gasteiger partial charge >= 0.3 is 23.9 Å². The van der Waals surface area contributed by atoms with Gasteiger partial charge in [0, 0.05) is 12.8 Å². The molecule has 1 aliphatic carbocycles. The molecule has 1 aliphatic rings. The van der Waals surface area contributed by atoms with Crippen molar-refractivity contribution in [3.8, 4) is 0 Å². The van der Waals surface area contributed by atoms with E-state index in [1.165, 1.54) is 0 Å². The summed E-state index contributed by atoms with van der Waals surface area (Å²) in [6, 6.07) is 0. The number of carboxylic acids is 4. The highest BCUT2D eigenvalue weighted by Gasteiger charge is 2.35. The van der Waals surface area contributed by atoms with Gasteiger partial charge < -0.3 is 20.4 Å². The molecule has 0 bridgehead atoms. The van der Waals surface area contributed by atoms with E-state index in [0.29, 0.717) is 25.7 Å². The Balaban J connectivity index is 0.000000409. The zero-order chi connectivity index (χ0) is 17.1. The molecule has 0 amide bonds. The topological polar surface area (TPSA) is 149 Å². The van der Waals surface area contributed by atoms with Crippen molar-refractivity contribution >= 4 is 23.9 Å². The van der Waals surface area contributed by atoms with Crippen LogP contribution in [0.5, 0.6) is 0 Å². The van der Waals surface area contributed by atoms with E-state index < -0.39 is 35.7 Å². The highest BCUT2D eigenvalue weighted by Crippen LogP contribution is 2.30. The van der Waals surface area contributed by atoms with Crippen LogP contribution in [0.15, 0.2) is 0 Å². The zero-order valence-corrected chi connectivity index (χ0v) is 12.2. The van der Waals surface area contributed by atoms with E-state index in [1.807, 2.05) is 0 Å². The predicted molar refractivity (Wildman–Crippen MR) is 74.5 cm³/mol. The number of aliphatic carboxylic acids is 4. The van der Waals surface area contributed by atoms with E-state index in [9.17, 15) is 19.2 Å². The summed E-state index contributed by atoms with van der Waals surface area (Å²) in [6.45, 7) is 0. The van der Waals surface area contributed by atoms with Crippen molar-refractivity contribution in [2.45, 2.75) is 51.4 Å². The minimum absolute atomic E-state index is 0.0628. The van der Waals surface area contributed by atoms with Crippen LogP contribution in [0, 0.1) is 11.8 Å². The fourth-order valence-electron chi connectivity index (χ4n) is 2.27. The number of hydrogen-bond acceptors (Lipinski definition) is 4. The Kier molecular flexibility index (Phi) is 9.56. The molecule has 0 spiro atoms. The van der Waals surface area contributed by atoms with Crippen LogP contribution < -0.4 is 0 Å². The molecule has 0 heterocycles. The van der Waals surface area contributed by atoms with E-state index in [1.54, 1.807) is 0 Å². The van der Waals surface area contributed by atoms with Gasteiger partial charge in [-0.1, -0.05) is 12.8 Å². The van der Waals surface area contributed by atoms with Crippen LogP contribution in [-0.4, -0.2) is 44.3 Å². The van der Waals surface area contributed by atoms with E-state index >= 15 is 0 Å². The Morgan fingerprint density at radius 3 is 1.23 bits per heavy atom. The molecule has 0 saturated heterocycles. The van der Waals surface area contributed by atoms with Gasteiger partial charge in [-0.2, -0.15) is 0 Å². The molecule has 8 nitrogen and oxygen atoms in total. The highest BCUT2D eigenvalue weighted by molar-refractivity contribution is 5.80. The van der Waals surface area contributed by atoms with E-state index in [-0.39, 0.29) is 12.8 Å². The summed E-state index contributed by atoms with van der Waals surface area (Å²) in [7, 11) is 0. The van der Waals surface area contributed by atoms with E-state index in [0.717, 1.165) is 12.8 Å². The lowest BCUT2D eigenvalue weighted by Crippen LogP contribution is -2.32. The second-order valence-corrected chi connectivity index (χ2v) is 5.17. The van der Waals surface area contributed by atoms with E-state index in [4.69, 9.17) is 20.4 Å². The maximum absolute atomic E-state index is 10.6. The van der Waals surface area contributed by atoms with Crippen molar-refractivity contribution in [3.05, 3.63) is 0 Å². The lowest BCUT2D eigenvalue weighted by Gasteiger charge is -2.24. The fraction of sp³-hybridized carbons (Fsp3) is 0.714. The van der Waals surface area contributed by atoms with Gasteiger partial charge in [0.05, 0.1) is 11.8 Å². The van der Waals surface area contributed by atoms with Gasteiger partial charge in [0.15, 0.2) is 0 Å². The van der Waals surface area contributed by atoms with Crippen LogP contribution in [-0.2, 0) is 19.2 Å². The van der Waals surface area contributed by atoms with Crippen molar-refractivity contribution in [2.24, 2.45) is 11.8 Å². The van der Waals surface area contributed by atoms with Crippen molar-refractivity contribution in [1.29, 1.82) is 0 Å². The smallest absolute Gasteiger partial charge is 0.307 e. The first-order chi connectivity index (χ1) is 10.3. The summed E-state index contributed by atoms with van der Waals surface area (Å²) in [5.41, 5.74) is 0. The quantitative estimate of drug-likeness (QED) is 0.518. The standard InChI is InChI=1S/C8H12O4.C6H10O4/c9-7(10)5-3-1-2-4-6(5)8(11)12;7-5(8)3-1-2-4-6(9)10/h5-6H,1-4H2,(H,9,10)(H,11,12);1-4H2,(H,7,8)(H,9,10). The Bertz CT molecular complexity index is 366. The molecule has 4 N–H and O–H groups in total. The van der Waals surface area contributed by atoms with Crippen molar-refractivity contribution < 1.29 is 39.6 Å². The van der Waals surface area contributed by atoms with Gasteiger partial charge in [0.25, 0.3) is 0 Å². The van der Waals surface area contributed by atoms with Crippen LogP contribution >= 0.6 is 0 Å². The fourth-order valence-corrected chi connectivity index (χ4v) is 2.27. The molecule has 0 aromatic rings. The van der Waals surface area contributed by atoms with E-state index in [2.05, 4.69) is 0 Å². The SMILES string of the molecule is O=C(O)C1CCCCC1C(=O)O.O=C(O)CCCCC(=O)O. The van der Waals surface area contributed by atoms with Crippen LogP contribution in [0.2, 0.25) is 0 Å². The second-order valence-electron chi connectivity index (χ2n) is 5.17. The molecule has 2 unspecified atom stereocenters. The molecule has 22 heavy (non-hydrogen) atoms. The van der Waals surface area contributed by atoms with Gasteiger partial charge in [-0.05, 0) is 25.7 Å². The molecule has 0 aromatic heterocycles. The summed E-state index contributed by atoms with van der Waals surface area (Å²) < 4.78 is 0. The van der Waals surface area contributed by atoms with Gasteiger partial charge in [-0.3, -0.25) is 19.2 Å². The molecule has 126 valence electrons. The predicted octanol–water partition coefficient (Wildman–Crippen LogP) is 1.68. The maximum atomic E-state index is 10.6. The minimum Gasteiger partial charge on any atom is -0.481 e. The number of unbranched alkanes of at least 4 members (excludes halogenated alkanes) is 1. The monoisotopic (exact) mass is 318 g/mol. The molecule has 1 fully saturated rings. The number of hydrogen-bond donors (Lipinski definition) is 4. The third-order valence-corrected chi connectivity index (χ3v) is 3.43. The minimum atomic E-state index is -0.970. The molecule has 1 rings (SSSR count). The molecule has 0 aromatic carbocycles. The molecular weight excluding hydrogens is 296 g/mol. The largest absolute Gasteiger partial charge is 0.481 e. The maximum Gasteiger partial charge on any atom is 0.307 e. The first kappa shape index (κ1) is 19.9. The van der Waals surface area contributed by atoms with Gasteiger partial charge in [0.2, 0.25) is 0 Å². The molecule has 0 radical (unpaired) electrons. The van der Waals surface area contributed by atoms with Gasteiger partial charge in [0.1, 0.15) is 0 Å².